The van der Waals surface area contributed by atoms with E-state index in [1.165, 1.54) is 6.07 Å². The summed E-state index contributed by atoms with van der Waals surface area (Å²) in [5, 5.41) is 4.92. The first-order valence-electron chi connectivity index (χ1n) is 8.12. The van der Waals surface area contributed by atoms with Gasteiger partial charge in [-0.15, -0.1) is 11.3 Å². The monoisotopic (exact) mass is 352 g/mol. The minimum atomic E-state index is -0.196. The third-order valence-electron chi connectivity index (χ3n) is 4.39. The fourth-order valence-electron chi connectivity index (χ4n) is 3.05. The average Bonchev–Trinajstić information content (AvgIpc) is 3.29. The number of amides is 1. The highest BCUT2D eigenvalue weighted by molar-refractivity contribution is 7.09. The van der Waals surface area contributed by atoms with Crippen molar-refractivity contribution in [2.45, 2.75) is 19.6 Å². The number of nitrogens with zero attached hydrogens (tertiary/aromatic N) is 1. The van der Waals surface area contributed by atoms with Crippen LogP contribution in [0.2, 0.25) is 0 Å². The second-order valence-corrected chi connectivity index (χ2v) is 7.11. The van der Waals surface area contributed by atoms with Crippen LogP contribution in [-0.2, 0) is 19.6 Å². The van der Waals surface area contributed by atoms with Gasteiger partial charge in [0.1, 0.15) is 5.82 Å². The molecule has 0 bridgehead atoms. The summed E-state index contributed by atoms with van der Waals surface area (Å²) in [6, 6.07) is 16.5. The number of anilines is 1. The van der Waals surface area contributed by atoms with Crippen molar-refractivity contribution >= 4 is 22.9 Å². The Hall–Kier alpha value is -2.66. The van der Waals surface area contributed by atoms with Gasteiger partial charge in [0.05, 0.1) is 6.54 Å². The Balaban J connectivity index is 1.41. The molecule has 0 unspecified atom stereocenters. The Bertz CT molecular complexity index is 891. The van der Waals surface area contributed by atoms with Crippen LogP contribution in [0.1, 0.15) is 26.4 Å². The number of carbonyl (C=O) groups is 1. The molecule has 1 N–H and O–H groups in total. The van der Waals surface area contributed by atoms with Crippen LogP contribution >= 0.6 is 11.3 Å². The maximum atomic E-state index is 13.3. The maximum Gasteiger partial charge on any atom is 0.251 e. The van der Waals surface area contributed by atoms with Crippen molar-refractivity contribution in [2.24, 2.45) is 0 Å². The molecule has 1 aliphatic heterocycles. The van der Waals surface area contributed by atoms with Crippen LogP contribution < -0.4 is 10.2 Å². The summed E-state index contributed by atoms with van der Waals surface area (Å²) in [5.41, 5.74) is 3.85. The van der Waals surface area contributed by atoms with Crippen LogP contribution in [0.4, 0.5) is 10.1 Å². The molecule has 0 spiro atoms. The van der Waals surface area contributed by atoms with Gasteiger partial charge in [-0.2, -0.15) is 0 Å². The number of hydrogen-bond donors (Lipinski definition) is 1. The van der Waals surface area contributed by atoms with E-state index in [0.717, 1.165) is 28.2 Å². The first kappa shape index (κ1) is 15.8. The van der Waals surface area contributed by atoms with Crippen molar-refractivity contribution in [1.29, 1.82) is 0 Å². The van der Waals surface area contributed by atoms with Crippen LogP contribution in [0.25, 0.3) is 0 Å². The van der Waals surface area contributed by atoms with Gasteiger partial charge in [0.25, 0.3) is 5.91 Å². The second-order valence-electron chi connectivity index (χ2n) is 6.08. The zero-order valence-corrected chi connectivity index (χ0v) is 14.4. The molecule has 0 radical (unpaired) electrons. The third-order valence-corrected chi connectivity index (χ3v) is 5.27. The summed E-state index contributed by atoms with van der Waals surface area (Å²) in [4.78, 5) is 15.5. The van der Waals surface area contributed by atoms with Gasteiger partial charge in [-0.25, -0.2) is 4.39 Å². The Morgan fingerprint density at radius 3 is 2.64 bits per heavy atom. The number of nitrogens with one attached hydrogen (secondary N) is 1. The SMILES string of the molecule is O=C(NCc1cccs1)c1ccc(N2Cc3ccc(F)cc3C2)cc1. The summed E-state index contributed by atoms with van der Waals surface area (Å²) in [6.07, 6.45) is 0. The largest absolute Gasteiger partial charge is 0.363 e. The molecular weight excluding hydrogens is 335 g/mol. The molecule has 1 amide bonds. The number of fused-ring (bicyclic) bond motifs is 1. The standard InChI is InChI=1S/C20H17FN2OS/c21-17-6-3-15-12-23(13-16(15)10-17)18-7-4-14(5-8-18)20(24)22-11-19-2-1-9-25-19/h1-10H,11-13H2,(H,22,24). The molecule has 1 aromatic heterocycles. The van der Waals surface area contributed by atoms with E-state index in [2.05, 4.69) is 10.2 Å². The van der Waals surface area contributed by atoms with Gasteiger partial charge in [0.15, 0.2) is 0 Å². The molecule has 2 aromatic carbocycles. The first-order valence-corrected chi connectivity index (χ1v) is 9.00. The molecule has 2 heterocycles. The first-order chi connectivity index (χ1) is 12.2. The summed E-state index contributed by atoms with van der Waals surface area (Å²) in [6.45, 7) is 2.00. The van der Waals surface area contributed by atoms with Gasteiger partial charge in [-0.1, -0.05) is 12.1 Å². The van der Waals surface area contributed by atoms with Gasteiger partial charge in [0.2, 0.25) is 0 Å². The normalized spacial score (nSPS) is 12.9. The molecule has 0 aliphatic carbocycles. The minimum absolute atomic E-state index is 0.0771. The molecule has 3 aromatic rings. The summed E-state index contributed by atoms with van der Waals surface area (Å²) >= 11 is 1.63. The Morgan fingerprint density at radius 1 is 1.08 bits per heavy atom. The topological polar surface area (TPSA) is 32.3 Å². The Morgan fingerprint density at radius 2 is 1.88 bits per heavy atom. The van der Waals surface area contributed by atoms with Crippen molar-refractivity contribution in [3.8, 4) is 0 Å². The quantitative estimate of drug-likeness (QED) is 0.758. The van der Waals surface area contributed by atoms with Crippen molar-refractivity contribution < 1.29 is 9.18 Å². The van der Waals surface area contributed by atoms with E-state index >= 15 is 0 Å². The average molecular weight is 352 g/mol. The van der Waals surface area contributed by atoms with E-state index in [1.807, 2.05) is 47.8 Å². The lowest BCUT2D eigenvalue weighted by molar-refractivity contribution is 0.0951. The summed E-state index contributed by atoms with van der Waals surface area (Å²) in [5.74, 6) is -0.273. The van der Waals surface area contributed by atoms with Crippen LogP contribution in [0, 0.1) is 5.82 Å². The van der Waals surface area contributed by atoms with Crippen molar-refractivity contribution in [2.75, 3.05) is 4.90 Å². The van der Waals surface area contributed by atoms with Gasteiger partial charge in [-0.3, -0.25) is 4.79 Å². The summed E-state index contributed by atoms with van der Waals surface area (Å²) < 4.78 is 13.3. The van der Waals surface area contributed by atoms with Gasteiger partial charge in [-0.05, 0) is 59.0 Å². The molecule has 0 saturated heterocycles. The number of carbonyl (C=O) groups excluding carboxylic acids is 1. The molecule has 25 heavy (non-hydrogen) atoms. The number of halogens is 1. The Kier molecular flexibility index (Phi) is 4.24. The fourth-order valence-corrected chi connectivity index (χ4v) is 3.70. The molecule has 0 atom stereocenters. The lowest BCUT2D eigenvalue weighted by atomic mass is 10.1. The van der Waals surface area contributed by atoms with E-state index in [4.69, 9.17) is 0 Å². The van der Waals surface area contributed by atoms with Gasteiger partial charge >= 0.3 is 0 Å². The van der Waals surface area contributed by atoms with E-state index in [0.29, 0.717) is 18.7 Å². The highest BCUT2D eigenvalue weighted by Crippen LogP contribution is 2.28. The predicted molar refractivity (Wildman–Crippen MR) is 98.2 cm³/mol. The number of rotatable bonds is 4. The van der Waals surface area contributed by atoms with Crippen molar-refractivity contribution in [3.05, 3.63) is 87.4 Å². The van der Waals surface area contributed by atoms with Crippen LogP contribution in [0.5, 0.6) is 0 Å². The predicted octanol–water partition coefficient (Wildman–Crippen LogP) is 4.34. The fraction of sp³-hybridized carbons (Fsp3) is 0.150. The minimum Gasteiger partial charge on any atom is -0.363 e. The van der Waals surface area contributed by atoms with Crippen LogP contribution in [0.15, 0.2) is 60.0 Å². The van der Waals surface area contributed by atoms with Crippen LogP contribution in [0.3, 0.4) is 0 Å². The third kappa shape index (κ3) is 3.42. The smallest absolute Gasteiger partial charge is 0.251 e. The van der Waals surface area contributed by atoms with Gasteiger partial charge < -0.3 is 10.2 Å². The van der Waals surface area contributed by atoms with E-state index in [-0.39, 0.29) is 11.7 Å². The molecule has 5 heteroatoms. The molecule has 4 rings (SSSR count). The molecule has 1 aliphatic rings. The molecule has 126 valence electrons. The molecular formula is C20H17FN2OS. The number of benzene rings is 2. The zero-order chi connectivity index (χ0) is 17.2. The Labute approximate surface area is 149 Å². The molecule has 0 fully saturated rings. The van der Waals surface area contributed by atoms with E-state index in [9.17, 15) is 9.18 Å². The highest BCUT2D eigenvalue weighted by Gasteiger charge is 2.19. The maximum absolute atomic E-state index is 13.3. The van der Waals surface area contributed by atoms with E-state index < -0.39 is 0 Å². The highest BCUT2D eigenvalue weighted by atomic mass is 32.1. The second kappa shape index (κ2) is 6.69. The molecule has 0 saturated carbocycles. The lowest BCUT2D eigenvalue weighted by Crippen LogP contribution is -2.22. The van der Waals surface area contributed by atoms with E-state index in [1.54, 1.807) is 17.4 Å². The van der Waals surface area contributed by atoms with Gasteiger partial charge in [0, 0.05) is 29.2 Å². The lowest BCUT2D eigenvalue weighted by Gasteiger charge is -2.18. The van der Waals surface area contributed by atoms with Crippen LogP contribution in [-0.4, -0.2) is 5.91 Å². The number of hydrogen-bond acceptors (Lipinski definition) is 3. The van der Waals surface area contributed by atoms with Crippen molar-refractivity contribution in [3.63, 3.8) is 0 Å². The molecule has 3 nitrogen and oxygen atoms in total. The van der Waals surface area contributed by atoms with Crippen molar-refractivity contribution in [1.82, 2.24) is 5.32 Å². The summed E-state index contributed by atoms with van der Waals surface area (Å²) in [7, 11) is 0. The zero-order valence-electron chi connectivity index (χ0n) is 13.5. The number of thiophene rings is 1.